The topological polar surface area (TPSA) is 77.8 Å². The van der Waals surface area contributed by atoms with E-state index in [-0.39, 0.29) is 89.1 Å². The molecule has 10 heavy (non-hydrogen) atoms. The SMILES string of the molecule is O=P(O)(O)O.[CaH2].[Cl][Ca][Cl].[KH]. The van der Waals surface area contributed by atoms with Crippen molar-refractivity contribution in [3.63, 3.8) is 0 Å². The number of hydrogen-bond donors (Lipinski definition) is 3. The van der Waals surface area contributed by atoms with E-state index in [0.29, 0.717) is 0 Å². The van der Waals surface area contributed by atoms with Gasteiger partial charge in [0.15, 0.2) is 0 Å². The standard InChI is InChI=1S/2Ca.2ClH.K.H3O4P.3H/c;;;;;1-5(2,3)4;;;/h;;2*1H;;(H3,1,2,3,4);;;/q;+2;;;;;;;/p-2. The zero-order chi connectivity index (χ0) is 7.21. The summed E-state index contributed by atoms with van der Waals surface area (Å²) in [5.74, 6) is 0. The summed E-state index contributed by atoms with van der Waals surface area (Å²) in [7, 11) is -4.64. The van der Waals surface area contributed by atoms with Crippen molar-refractivity contribution in [1.82, 2.24) is 0 Å². The van der Waals surface area contributed by atoms with E-state index in [2.05, 4.69) is 0 Å². The third-order valence-electron chi connectivity index (χ3n) is 0. The Labute approximate surface area is 155 Å². The van der Waals surface area contributed by atoms with Crippen molar-refractivity contribution in [1.29, 1.82) is 0 Å². The van der Waals surface area contributed by atoms with Crippen LogP contribution in [-0.4, -0.2) is 135 Å². The minimum absolute atomic E-state index is 0. The minimum atomic E-state index is -4.64. The first-order valence-electron chi connectivity index (χ1n) is 1.32. The van der Waals surface area contributed by atoms with Crippen LogP contribution in [0.3, 0.4) is 0 Å². The molecule has 10 heteroatoms. The van der Waals surface area contributed by atoms with Crippen LogP contribution in [0, 0.1) is 0 Å². The summed E-state index contributed by atoms with van der Waals surface area (Å²) in [6.45, 7) is 0. The van der Waals surface area contributed by atoms with Crippen molar-refractivity contribution >= 4 is 141 Å². The summed E-state index contributed by atoms with van der Waals surface area (Å²) < 4.78 is 8.88. The third-order valence-corrected chi connectivity index (χ3v) is 0. The molecule has 0 aliphatic rings. The Morgan fingerprint density at radius 1 is 1.20 bits per heavy atom. The normalized spacial score (nSPS) is 6.90. The van der Waals surface area contributed by atoms with Crippen LogP contribution in [0.1, 0.15) is 0 Å². The van der Waals surface area contributed by atoms with Crippen LogP contribution in [0.2, 0.25) is 0 Å². The molecule has 0 aromatic carbocycles. The molecular formula is H6Ca2Cl2KO4P. The van der Waals surface area contributed by atoms with Gasteiger partial charge in [0.05, 0.1) is 0 Å². The molecule has 0 heterocycles. The molecule has 0 saturated heterocycles. The molecule has 4 nitrogen and oxygen atoms in total. The van der Waals surface area contributed by atoms with Gasteiger partial charge in [0, 0.05) is 0 Å². The fourth-order valence-electron chi connectivity index (χ4n) is 0. The zero-order valence-electron chi connectivity index (χ0n) is 3.66. The molecule has 0 atom stereocenters. The van der Waals surface area contributed by atoms with Crippen LogP contribution in [0.4, 0.5) is 0 Å². The predicted molar refractivity (Wildman–Crippen MR) is 47.4 cm³/mol. The monoisotopic (exact) mass is 290 g/mol. The van der Waals surface area contributed by atoms with Gasteiger partial charge in [-0.15, -0.1) is 0 Å². The zero-order valence-corrected chi connectivity index (χ0v) is 8.27. The Morgan fingerprint density at radius 3 is 1.20 bits per heavy atom. The summed E-state index contributed by atoms with van der Waals surface area (Å²) >= 11 is -0.931. The maximum absolute atomic E-state index is 8.88. The van der Waals surface area contributed by atoms with Gasteiger partial charge in [-0.1, -0.05) is 0 Å². The number of rotatable bonds is 0. The van der Waals surface area contributed by atoms with E-state index in [4.69, 9.17) is 32.0 Å². The number of halogens is 2. The molecule has 0 saturated carbocycles. The Bertz CT molecular complexity index is 77.1. The Kier molecular flexibility index (Phi) is 39.4. The summed E-state index contributed by atoms with van der Waals surface area (Å²) in [4.78, 5) is 21.6. The van der Waals surface area contributed by atoms with E-state index in [0.717, 1.165) is 0 Å². The molecule has 0 bridgehead atoms. The van der Waals surface area contributed by atoms with Crippen molar-refractivity contribution in [2.24, 2.45) is 0 Å². The number of phosphoric acid groups is 1. The van der Waals surface area contributed by atoms with Crippen LogP contribution in [0.5, 0.6) is 0 Å². The summed E-state index contributed by atoms with van der Waals surface area (Å²) in [6.07, 6.45) is 9.90. The van der Waals surface area contributed by atoms with Crippen molar-refractivity contribution in [2.45, 2.75) is 0 Å². The van der Waals surface area contributed by atoms with Gasteiger partial charge in [0.2, 0.25) is 0 Å². The summed E-state index contributed by atoms with van der Waals surface area (Å²) in [5.41, 5.74) is 0. The molecule has 0 amide bonds. The van der Waals surface area contributed by atoms with Crippen molar-refractivity contribution in [3.05, 3.63) is 0 Å². The maximum atomic E-state index is 8.88. The van der Waals surface area contributed by atoms with E-state index >= 15 is 0 Å². The van der Waals surface area contributed by atoms with Crippen LogP contribution >= 0.6 is 20.6 Å². The van der Waals surface area contributed by atoms with Crippen LogP contribution < -0.4 is 0 Å². The summed E-state index contributed by atoms with van der Waals surface area (Å²) in [6, 6.07) is 0. The van der Waals surface area contributed by atoms with Gasteiger partial charge in [0.1, 0.15) is 0 Å². The van der Waals surface area contributed by atoms with Gasteiger partial charge in [0.25, 0.3) is 0 Å². The van der Waals surface area contributed by atoms with Gasteiger partial charge in [-0.2, -0.15) is 0 Å². The quantitative estimate of drug-likeness (QED) is 0.375. The van der Waals surface area contributed by atoms with Gasteiger partial charge in [-0.3, -0.25) is 0 Å². The third kappa shape index (κ3) is 76.8. The van der Waals surface area contributed by atoms with E-state index in [9.17, 15) is 0 Å². The second-order valence-electron chi connectivity index (χ2n) is 0.614. The second-order valence-corrected chi connectivity index (χ2v) is 5.29. The molecular weight excluding hydrogens is 285 g/mol. The molecule has 0 aliphatic heterocycles. The molecule has 0 aliphatic carbocycles. The first kappa shape index (κ1) is 24.2. The fourth-order valence-corrected chi connectivity index (χ4v) is 0. The molecule has 0 spiro atoms. The van der Waals surface area contributed by atoms with E-state index in [1.165, 1.54) is 0 Å². The Hall–Kier alpha value is 4.85. The van der Waals surface area contributed by atoms with E-state index in [1.54, 1.807) is 0 Å². The van der Waals surface area contributed by atoms with Gasteiger partial charge < -0.3 is 14.7 Å². The van der Waals surface area contributed by atoms with Gasteiger partial charge in [-0.25, -0.2) is 4.57 Å². The van der Waals surface area contributed by atoms with E-state index < -0.39 is 38.7 Å². The Balaban J connectivity index is -0.0000000326. The molecule has 0 fully saturated rings. The first-order chi connectivity index (χ1) is 3.41. The molecule has 54 valence electrons. The molecule has 0 radical (unpaired) electrons. The van der Waals surface area contributed by atoms with Crippen molar-refractivity contribution in [2.75, 3.05) is 0 Å². The van der Waals surface area contributed by atoms with Gasteiger partial charge in [-0.05, 0) is 0 Å². The average Bonchev–Trinajstić information content (AvgIpc) is 1.27. The average molecular weight is 291 g/mol. The van der Waals surface area contributed by atoms with E-state index in [1.807, 2.05) is 0 Å². The first-order valence-corrected chi connectivity index (χ1v) is 8.96. The molecule has 0 aromatic heterocycles. The molecule has 0 rings (SSSR count). The van der Waals surface area contributed by atoms with Crippen LogP contribution in [0.25, 0.3) is 0 Å². The Morgan fingerprint density at radius 2 is 1.20 bits per heavy atom. The predicted octanol–water partition coefficient (Wildman–Crippen LogP) is -1.50. The molecule has 0 aromatic rings. The fraction of sp³-hybridized carbons (Fsp3) is 0. The van der Waals surface area contributed by atoms with Gasteiger partial charge >= 0.3 is 141 Å². The van der Waals surface area contributed by atoms with Crippen LogP contribution in [0.15, 0.2) is 0 Å². The van der Waals surface area contributed by atoms with Crippen molar-refractivity contribution < 1.29 is 19.2 Å². The van der Waals surface area contributed by atoms with Crippen LogP contribution in [-0.2, 0) is 4.57 Å². The molecule has 0 unspecified atom stereocenters. The van der Waals surface area contributed by atoms with Crippen molar-refractivity contribution in [3.8, 4) is 0 Å². The molecule has 3 N–H and O–H groups in total. The number of hydrogen-bond acceptors (Lipinski definition) is 1. The second kappa shape index (κ2) is 16.3. The summed E-state index contributed by atoms with van der Waals surface area (Å²) in [5, 5.41) is 0.